The molecule has 5 heterocycles. The van der Waals surface area contributed by atoms with Crippen LogP contribution in [0, 0.1) is 11.3 Å². The van der Waals surface area contributed by atoms with E-state index in [2.05, 4.69) is 319 Å². The van der Waals surface area contributed by atoms with Gasteiger partial charge in [0.05, 0.1) is 50.8 Å². The predicted molar refractivity (Wildman–Crippen MR) is 391 cm³/mol. The number of benzene rings is 12. The second kappa shape index (κ2) is 20.3. The SMILES string of the molecule is CC(C)(C)c1cc(-c2ccc3c(c2)B2c4ccc(-c5ccccc5)cc4Oc4cc(-n5c6ccc(C#N)cc6c6cc(C(C)(C)C)ccc65)cc(c42)N3c2c(-c3cccc4c3sc3ccccc34)cccc2-n2c3ccccc3c3ccccc32)cc(C(C)(C)C)c1. The molecule has 15 aromatic rings. The first kappa shape index (κ1) is 55.7. The topological polar surface area (TPSA) is 46.1 Å². The number of thiophene rings is 1. The minimum Gasteiger partial charge on any atom is -0.458 e. The molecule has 0 unspecified atom stereocenters. The molecule has 0 saturated carbocycles. The second-order valence-corrected chi connectivity index (χ2v) is 29.5. The van der Waals surface area contributed by atoms with Crippen molar-refractivity contribution in [1.82, 2.24) is 9.13 Å². The number of ether oxygens (including phenoxy) is 1. The quantitative estimate of drug-likeness (QED) is 0.156. The van der Waals surface area contributed by atoms with Gasteiger partial charge in [-0.2, -0.15) is 5.26 Å². The maximum Gasteiger partial charge on any atom is 0.256 e. The number of nitriles is 1. The summed E-state index contributed by atoms with van der Waals surface area (Å²) < 4.78 is 15.1. The van der Waals surface area contributed by atoms with E-state index in [-0.39, 0.29) is 23.0 Å². The van der Waals surface area contributed by atoms with E-state index < -0.39 is 0 Å². The van der Waals surface area contributed by atoms with Gasteiger partial charge < -0.3 is 18.8 Å². The van der Waals surface area contributed by atoms with Crippen molar-refractivity contribution in [2.75, 3.05) is 4.90 Å². The minimum atomic E-state index is -0.248. The predicted octanol–water partition coefficient (Wildman–Crippen LogP) is 21.4. The van der Waals surface area contributed by atoms with Crippen LogP contribution in [0.5, 0.6) is 11.5 Å². The van der Waals surface area contributed by atoms with Gasteiger partial charge in [0.15, 0.2) is 0 Å². The summed E-state index contributed by atoms with van der Waals surface area (Å²) in [6.45, 7) is 20.5. The highest BCUT2D eigenvalue weighted by Crippen LogP contribution is 2.53. The van der Waals surface area contributed by atoms with Crippen LogP contribution in [0.15, 0.2) is 243 Å². The number of nitrogens with zero attached hydrogens (tertiary/aromatic N) is 4. The maximum atomic E-state index is 10.5. The monoisotopic (exact) mass is 1200 g/mol. The molecule has 0 amide bonds. The fraction of sp³-hybridized carbons (Fsp3) is 0.141. The molecule has 0 aliphatic carbocycles. The number of aromatic nitrogens is 2. The van der Waals surface area contributed by atoms with E-state index >= 15 is 0 Å². The molecule has 0 fully saturated rings. The van der Waals surface area contributed by atoms with Gasteiger partial charge in [0.1, 0.15) is 11.5 Å². The van der Waals surface area contributed by atoms with E-state index in [1.54, 1.807) is 0 Å². The lowest BCUT2D eigenvalue weighted by molar-refractivity contribution is 0.487. The van der Waals surface area contributed by atoms with Crippen LogP contribution < -0.4 is 26.0 Å². The van der Waals surface area contributed by atoms with Gasteiger partial charge in [-0.1, -0.05) is 226 Å². The molecule has 0 radical (unpaired) electrons. The smallest absolute Gasteiger partial charge is 0.256 e. The standard InChI is InChI=1S/C85H67BN4OS/c1-83(2,3)56-36-40-73-67(47-56)66-41-51(50-87)33-38-72(66)88(73)59-48-76-80-78(49-59)91-77-45-54(52-21-11-10-12-22-52)34-37-68(77)86(80)69-44-53(55-42-57(84(4,5)6)46-58(43-55)85(7,8)9)35-39-74(69)90(76)81-63(65-28-19-27-64-62-25-15-18-32-79(62)92-82(64)65)26-20-31-75(81)89-70-29-16-13-23-60(70)61-24-14-17-30-71(61)89/h10-49H,1-9H3. The Morgan fingerprint density at radius 3 is 1.72 bits per heavy atom. The van der Waals surface area contributed by atoms with E-state index in [9.17, 15) is 5.26 Å². The van der Waals surface area contributed by atoms with Crippen LogP contribution in [-0.4, -0.2) is 15.8 Å². The first-order valence-electron chi connectivity index (χ1n) is 32.1. The zero-order chi connectivity index (χ0) is 62.7. The molecule has 5 nitrogen and oxygen atoms in total. The van der Waals surface area contributed by atoms with Gasteiger partial charge in [-0.05, 0) is 144 Å². The summed E-state index contributed by atoms with van der Waals surface area (Å²) in [5, 5.41) is 17.5. The molecule has 2 aliphatic rings. The Bertz CT molecular complexity index is 5570. The highest BCUT2D eigenvalue weighted by Gasteiger charge is 2.44. The van der Waals surface area contributed by atoms with Crippen LogP contribution in [0.3, 0.4) is 0 Å². The summed E-state index contributed by atoms with van der Waals surface area (Å²) in [6, 6.07) is 93.0. The lowest BCUT2D eigenvalue weighted by atomic mass is 9.34. The number of para-hydroxylation sites is 3. The van der Waals surface area contributed by atoms with Crippen LogP contribution in [0.1, 0.15) is 84.6 Å². The molecule has 442 valence electrons. The zero-order valence-electron chi connectivity index (χ0n) is 53.3. The van der Waals surface area contributed by atoms with Gasteiger partial charge in [0.25, 0.3) is 6.71 Å². The number of rotatable bonds is 6. The Labute approximate surface area is 541 Å². The summed E-state index contributed by atoms with van der Waals surface area (Å²) in [4.78, 5) is 2.62. The fourth-order valence-corrected chi connectivity index (χ4v) is 16.1. The van der Waals surface area contributed by atoms with Crippen molar-refractivity contribution in [1.29, 1.82) is 5.26 Å². The van der Waals surface area contributed by atoms with Gasteiger partial charge in [0.2, 0.25) is 0 Å². The molecular formula is C85H67BN4OS. The van der Waals surface area contributed by atoms with E-state index in [0.29, 0.717) is 5.56 Å². The van der Waals surface area contributed by atoms with Gasteiger partial charge in [-0.3, -0.25) is 0 Å². The molecule has 92 heavy (non-hydrogen) atoms. The third-order valence-corrected chi connectivity index (χ3v) is 20.9. The lowest BCUT2D eigenvalue weighted by Crippen LogP contribution is -2.59. The lowest BCUT2D eigenvalue weighted by Gasteiger charge is -2.42. The Morgan fingerprint density at radius 2 is 1.00 bits per heavy atom. The molecule has 3 aromatic heterocycles. The maximum absolute atomic E-state index is 10.5. The third kappa shape index (κ3) is 8.64. The normalized spacial score (nSPS) is 13.1. The molecule has 0 N–H and O–H groups in total. The number of anilines is 3. The molecule has 12 aromatic carbocycles. The van der Waals surface area contributed by atoms with Crippen molar-refractivity contribution in [2.45, 2.75) is 78.6 Å². The van der Waals surface area contributed by atoms with Crippen molar-refractivity contribution >= 4 is 115 Å². The summed E-state index contributed by atoms with van der Waals surface area (Å²) >= 11 is 1.87. The highest BCUT2D eigenvalue weighted by molar-refractivity contribution is 7.26. The highest BCUT2D eigenvalue weighted by atomic mass is 32.1. The van der Waals surface area contributed by atoms with E-state index in [4.69, 9.17) is 4.74 Å². The third-order valence-electron chi connectivity index (χ3n) is 19.6. The number of fused-ring (bicyclic) bond motifs is 13. The van der Waals surface area contributed by atoms with E-state index in [0.717, 1.165) is 100 Å². The molecule has 0 saturated heterocycles. The first-order chi connectivity index (χ1) is 44.5. The summed E-state index contributed by atoms with van der Waals surface area (Å²) in [5.74, 6) is 1.63. The Hall–Kier alpha value is -10.4. The zero-order valence-corrected chi connectivity index (χ0v) is 54.1. The number of hydrogen-bond acceptors (Lipinski definition) is 4. The largest absolute Gasteiger partial charge is 0.458 e. The van der Waals surface area contributed by atoms with Crippen LogP contribution >= 0.6 is 11.3 Å². The second-order valence-electron chi connectivity index (χ2n) is 28.4. The first-order valence-corrected chi connectivity index (χ1v) is 33.0. The van der Waals surface area contributed by atoms with Crippen LogP contribution in [-0.2, 0) is 16.2 Å². The Kier molecular flexibility index (Phi) is 12.3. The molecule has 7 heteroatoms. The van der Waals surface area contributed by atoms with E-state index in [1.165, 1.54) is 69.8 Å². The van der Waals surface area contributed by atoms with Crippen molar-refractivity contribution in [3.63, 3.8) is 0 Å². The molecular weight excluding hydrogens is 1140 g/mol. The average Bonchev–Trinajstić information content (AvgIpc) is 0.874. The number of hydrogen-bond donors (Lipinski definition) is 0. The molecule has 2 aliphatic heterocycles. The van der Waals surface area contributed by atoms with Gasteiger partial charge in [-0.15, -0.1) is 11.3 Å². The molecule has 0 atom stereocenters. The summed E-state index contributed by atoms with van der Waals surface area (Å²) in [7, 11) is 0. The van der Waals surface area contributed by atoms with Crippen LogP contribution in [0.2, 0.25) is 0 Å². The summed E-state index contributed by atoms with van der Waals surface area (Å²) in [6.07, 6.45) is 0. The summed E-state index contributed by atoms with van der Waals surface area (Å²) in [5.41, 5.74) is 24.0. The fourth-order valence-electron chi connectivity index (χ4n) is 14.9. The molecule has 0 bridgehead atoms. The van der Waals surface area contributed by atoms with Gasteiger partial charge in [0, 0.05) is 70.3 Å². The molecule has 17 rings (SSSR count). The minimum absolute atomic E-state index is 0.0872. The van der Waals surface area contributed by atoms with Crippen molar-refractivity contribution in [3.05, 3.63) is 265 Å². The Morgan fingerprint density at radius 1 is 0.391 bits per heavy atom. The average molecular weight is 1200 g/mol. The van der Waals surface area contributed by atoms with E-state index in [1.807, 2.05) is 17.4 Å². The van der Waals surface area contributed by atoms with Gasteiger partial charge >= 0.3 is 0 Å². The van der Waals surface area contributed by atoms with Crippen molar-refractivity contribution < 1.29 is 4.74 Å². The van der Waals surface area contributed by atoms with Crippen molar-refractivity contribution in [2.24, 2.45) is 0 Å². The van der Waals surface area contributed by atoms with Crippen LogP contribution in [0.4, 0.5) is 17.1 Å². The van der Waals surface area contributed by atoms with Crippen molar-refractivity contribution in [3.8, 4) is 62.3 Å². The Balaban J connectivity index is 1.04. The van der Waals surface area contributed by atoms with Crippen LogP contribution in [0.25, 0.3) is 109 Å². The molecule has 0 spiro atoms. The van der Waals surface area contributed by atoms with Gasteiger partial charge in [-0.25, -0.2) is 0 Å².